The van der Waals surface area contributed by atoms with Crippen molar-refractivity contribution in [2.75, 3.05) is 0 Å². The topological polar surface area (TPSA) is 38.7 Å². The third-order valence-electron chi connectivity index (χ3n) is 1.17. The number of hydrogen-bond acceptors (Lipinski definition) is 3. The molecule has 0 aliphatic heterocycles. The smallest absolute Gasteiger partial charge is 0.402 e. The lowest BCUT2D eigenvalue weighted by molar-refractivity contribution is 0.120. The van der Waals surface area contributed by atoms with E-state index in [9.17, 15) is 5.02 Å². The molecule has 0 saturated carbocycles. The van der Waals surface area contributed by atoms with Gasteiger partial charge in [-0.2, -0.15) is 0 Å². The van der Waals surface area contributed by atoms with Crippen LogP contribution in [0.4, 0.5) is 0 Å². The molecule has 1 N–H and O–H groups in total. The summed E-state index contributed by atoms with van der Waals surface area (Å²) in [5.41, 5.74) is 0. The van der Waals surface area contributed by atoms with Gasteiger partial charge in [-0.25, -0.2) is 0 Å². The van der Waals surface area contributed by atoms with E-state index in [2.05, 4.69) is 45.2 Å². The van der Waals surface area contributed by atoms with E-state index in [0.717, 1.165) is 12.8 Å². The third-order valence-corrected chi connectivity index (χ3v) is 3.52. The maximum absolute atomic E-state index is 9.20. The summed E-state index contributed by atoms with van der Waals surface area (Å²) in [4.78, 5) is 0. The molecule has 0 aromatic carbocycles. The molecule has 0 aliphatic carbocycles. The Kier molecular flexibility index (Phi) is 8.69. The Labute approximate surface area is 101 Å². The minimum Gasteiger partial charge on any atom is -0.402 e. The molecule has 0 radical (unpaired) electrons. The van der Waals surface area contributed by atoms with Crippen molar-refractivity contribution in [2.24, 2.45) is 0 Å². The van der Waals surface area contributed by atoms with Gasteiger partial charge < -0.3 is 14.3 Å². The van der Waals surface area contributed by atoms with Gasteiger partial charge in [0, 0.05) is 0 Å². The summed E-state index contributed by atoms with van der Waals surface area (Å²) in [5.74, 6) is 0. The Hall–Kier alpha value is 1.40. The minimum atomic E-state index is -1.09. The first-order chi connectivity index (χ1) is 5.60. The van der Waals surface area contributed by atoms with Crippen molar-refractivity contribution in [3.05, 3.63) is 0 Å². The van der Waals surface area contributed by atoms with Gasteiger partial charge in [0.1, 0.15) is 0 Å². The van der Waals surface area contributed by atoms with Crippen LogP contribution >= 0.6 is 45.2 Å². The van der Waals surface area contributed by atoms with Crippen molar-refractivity contribution in [3.8, 4) is 0 Å². The average Bonchev–Trinajstić information content (AvgIpc) is 2.03. The molecule has 0 aromatic rings. The lowest BCUT2D eigenvalue weighted by Crippen LogP contribution is -2.28. The molecule has 0 spiro atoms. The summed E-state index contributed by atoms with van der Waals surface area (Å²) in [5, 5.41) is 9.20. The van der Waals surface area contributed by atoms with Crippen LogP contribution in [-0.2, 0) is 9.31 Å². The number of halogens is 2. The van der Waals surface area contributed by atoms with E-state index in [1.807, 2.05) is 13.8 Å². The molecule has 72 valence electrons. The molecule has 2 atom stereocenters. The van der Waals surface area contributed by atoms with Crippen LogP contribution in [0.25, 0.3) is 0 Å². The van der Waals surface area contributed by atoms with Crippen LogP contribution in [0.1, 0.15) is 26.7 Å². The zero-order valence-electron chi connectivity index (χ0n) is 7.17. The van der Waals surface area contributed by atoms with Gasteiger partial charge in [0.15, 0.2) is 0 Å². The molecular formula is C6H13BI2O3. The molecule has 0 aliphatic rings. The predicted octanol–water partition coefficient (Wildman–Crippen LogP) is 2.34. The number of hydrogen-bond donors (Lipinski definition) is 1. The van der Waals surface area contributed by atoms with E-state index in [0.29, 0.717) is 0 Å². The molecule has 2 unspecified atom stereocenters. The van der Waals surface area contributed by atoms with Crippen LogP contribution in [0.2, 0.25) is 0 Å². The second kappa shape index (κ2) is 7.78. The van der Waals surface area contributed by atoms with Gasteiger partial charge in [-0.05, 0) is 12.8 Å². The lowest BCUT2D eigenvalue weighted by Gasteiger charge is -2.14. The first kappa shape index (κ1) is 13.4. The zero-order chi connectivity index (χ0) is 9.56. The van der Waals surface area contributed by atoms with E-state index in [-0.39, 0.29) is 8.22 Å². The molecule has 0 amide bonds. The highest BCUT2D eigenvalue weighted by Crippen LogP contribution is 2.12. The second-order valence-corrected chi connectivity index (χ2v) is 4.99. The molecule has 0 aromatic heterocycles. The largest absolute Gasteiger partial charge is 0.638 e. The van der Waals surface area contributed by atoms with Gasteiger partial charge in [0.25, 0.3) is 0 Å². The highest BCUT2D eigenvalue weighted by atomic mass is 127. The fraction of sp³-hybridized carbons (Fsp3) is 1.00. The number of alkyl halides is 2. The lowest BCUT2D eigenvalue weighted by atomic mass is 10.2. The molecular weight excluding hydrogens is 385 g/mol. The molecule has 0 saturated heterocycles. The summed E-state index contributed by atoms with van der Waals surface area (Å²) in [7, 11) is -1.09. The van der Waals surface area contributed by atoms with Crippen molar-refractivity contribution in [1.29, 1.82) is 0 Å². The van der Waals surface area contributed by atoms with Gasteiger partial charge in [-0.15, -0.1) is 0 Å². The number of rotatable bonds is 6. The Morgan fingerprint density at radius 1 is 1.17 bits per heavy atom. The summed E-state index contributed by atoms with van der Waals surface area (Å²) >= 11 is 4.23. The molecule has 0 rings (SSSR count). The van der Waals surface area contributed by atoms with Crippen LogP contribution in [0.15, 0.2) is 0 Å². The van der Waals surface area contributed by atoms with Crippen LogP contribution in [-0.4, -0.2) is 20.6 Å². The predicted molar refractivity (Wildman–Crippen MR) is 66.3 cm³/mol. The Bertz CT molecular complexity index is 105. The SMILES string of the molecule is CCC(I)OB(O)OC(I)CC. The monoisotopic (exact) mass is 398 g/mol. The summed E-state index contributed by atoms with van der Waals surface area (Å²) in [6, 6.07) is 0. The highest BCUT2D eigenvalue weighted by Gasteiger charge is 2.21. The molecule has 12 heavy (non-hydrogen) atoms. The van der Waals surface area contributed by atoms with E-state index < -0.39 is 7.32 Å². The first-order valence-corrected chi connectivity index (χ1v) is 6.36. The minimum absolute atomic E-state index is 0.0121. The van der Waals surface area contributed by atoms with E-state index in [1.54, 1.807) is 0 Å². The van der Waals surface area contributed by atoms with Gasteiger partial charge in [0.2, 0.25) is 0 Å². The molecule has 3 nitrogen and oxygen atoms in total. The van der Waals surface area contributed by atoms with Crippen molar-refractivity contribution < 1.29 is 14.3 Å². The van der Waals surface area contributed by atoms with E-state index in [4.69, 9.17) is 9.31 Å². The standard InChI is InChI=1S/C6H13BI2O3/c1-3-5(8)11-7(10)12-6(9)4-2/h5-6,10H,3-4H2,1-2H3. The van der Waals surface area contributed by atoms with Gasteiger partial charge >= 0.3 is 7.32 Å². The second-order valence-electron chi connectivity index (χ2n) is 2.22. The maximum Gasteiger partial charge on any atom is 0.638 e. The Morgan fingerprint density at radius 2 is 1.50 bits per heavy atom. The van der Waals surface area contributed by atoms with E-state index >= 15 is 0 Å². The summed E-state index contributed by atoms with van der Waals surface area (Å²) in [6.07, 6.45) is 1.72. The molecule has 0 fully saturated rings. The fourth-order valence-electron chi connectivity index (χ4n) is 0.477. The zero-order valence-corrected chi connectivity index (χ0v) is 11.5. The van der Waals surface area contributed by atoms with Crippen LogP contribution in [0, 0.1) is 0 Å². The Balaban J connectivity index is 3.51. The first-order valence-electron chi connectivity index (χ1n) is 3.87. The van der Waals surface area contributed by atoms with E-state index in [1.165, 1.54) is 0 Å². The van der Waals surface area contributed by atoms with Crippen LogP contribution in [0.3, 0.4) is 0 Å². The molecule has 6 heteroatoms. The summed E-state index contributed by atoms with van der Waals surface area (Å²) < 4.78 is 10.2. The normalized spacial score (nSPS) is 15.8. The van der Waals surface area contributed by atoms with Crippen molar-refractivity contribution in [2.45, 2.75) is 34.9 Å². The Morgan fingerprint density at radius 3 is 1.75 bits per heavy atom. The van der Waals surface area contributed by atoms with Gasteiger partial charge in [-0.1, -0.05) is 59.0 Å². The van der Waals surface area contributed by atoms with Crippen molar-refractivity contribution in [3.63, 3.8) is 0 Å². The van der Waals surface area contributed by atoms with Crippen molar-refractivity contribution >= 4 is 52.5 Å². The van der Waals surface area contributed by atoms with Crippen LogP contribution < -0.4 is 0 Å². The third kappa shape index (κ3) is 6.87. The summed E-state index contributed by atoms with van der Waals surface area (Å²) in [6.45, 7) is 3.98. The van der Waals surface area contributed by atoms with Gasteiger partial charge in [0.05, 0.1) is 8.22 Å². The molecule has 0 heterocycles. The highest BCUT2D eigenvalue weighted by molar-refractivity contribution is 14.1. The molecule has 0 bridgehead atoms. The van der Waals surface area contributed by atoms with Crippen molar-refractivity contribution in [1.82, 2.24) is 0 Å². The fourth-order valence-corrected chi connectivity index (χ4v) is 0.979. The van der Waals surface area contributed by atoms with Crippen LogP contribution in [0.5, 0.6) is 0 Å². The maximum atomic E-state index is 9.20. The van der Waals surface area contributed by atoms with Gasteiger partial charge in [-0.3, -0.25) is 0 Å². The quantitative estimate of drug-likeness (QED) is 0.425. The average molecular weight is 398 g/mol.